The molecule has 0 saturated carbocycles. The van der Waals surface area contributed by atoms with E-state index in [2.05, 4.69) is 38.5 Å². The Hall–Kier alpha value is -2.45. The molecule has 0 atom stereocenters. The van der Waals surface area contributed by atoms with Crippen LogP contribution in [-0.2, 0) is 20.7 Å². The van der Waals surface area contributed by atoms with Gasteiger partial charge in [-0.25, -0.2) is 0 Å². The number of aromatic nitrogens is 2. The summed E-state index contributed by atoms with van der Waals surface area (Å²) < 4.78 is 5.19. The van der Waals surface area contributed by atoms with E-state index in [0.717, 1.165) is 5.56 Å². The Morgan fingerprint density at radius 3 is 2.81 bits per heavy atom. The van der Waals surface area contributed by atoms with E-state index < -0.39 is 0 Å². The van der Waals surface area contributed by atoms with Gasteiger partial charge in [0.05, 0.1) is 12.9 Å². The van der Waals surface area contributed by atoms with Crippen LogP contribution in [0.15, 0.2) is 46.8 Å². The number of anilines is 1. The third-order valence-corrected chi connectivity index (χ3v) is 5.64. The third kappa shape index (κ3) is 4.80. The number of rotatable bonds is 7. The molecule has 134 valence electrons. The summed E-state index contributed by atoms with van der Waals surface area (Å²) in [6.07, 6.45) is 1.01. The number of esters is 1. The highest BCUT2D eigenvalue weighted by atomic mass is 32.2. The summed E-state index contributed by atoms with van der Waals surface area (Å²) >= 11 is 2.47. The van der Waals surface area contributed by atoms with Crippen molar-refractivity contribution >= 4 is 50.9 Å². The summed E-state index contributed by atoms with van der Waals surface area (Å²) in [6.45, 7) is 0. The zero-order valence-electron chi connectivity index (χ0n) is 14.1. The van der Waals surface area contributed by atoms with Crippen molar-refractivity contribution in [1.82, 2.24) is 10.2 Å². The van der Waals surface area contributed by atoms with Gasteiger partial charge in [-0.3, -0.25) is 9.59 Å². The number of nitrogens with one attached hydrogen (secondary N) is 1. The van der Waals surface area contributed by atoms with E-state index in [4.69, 9.17) is 0 Å². The van der Waals surface area contributed by atoms with Gasteiger partial charge in [0.15, 0.2) is 4.34 Å². The van der Waals surface area contributed by atoms with E-state index in [-0.39, 0.29) is 17.6 Å². The Morgan fingerprint density at radius 1 is 1.15 bits per heavy atom. The molecule has 0 bridgehead atoms. The van der Waals surface area contributed by atoms with E-state index in [1.807, 2.05) is 24.3 Å². The number of carbonyl (C=O) groups excluding carboxylic acids is 2. The van der Waals surface area contributed by atoms with Crippen LogP contribution in [-0.4, -0.2) is 34.9 Å². The highest BCUT2D eigenvalue weighted by Crippen LogP contribution is 2.26. The number of thioether (sulfide) groups is 1. The topological polar surface area (TPSA) is 81.2 Å². The van der Waals surface area contributed by atoms with Gasteiger partial charge in [-0.05, 0) is 22.8 Å². The van der Waals surface area contributed by atoms with Gasteiger partial charge in [-0.15, -0.1) is 10.2 Å². The normalized spacial score (nSPS) is 10.7. The molecule has 1 aromatic heterocycles. The zero-order valence-corrected chi connectivity index (χ0v) is 15.7. The van der Waals surface area contributed by atoms with Crippen molar-refractivity contribution < 1.29 is 14.3 Å². The van der Waals surface area contributed by atoms with Crippen LogP contribution in [0.5, 0.6) is 0 Å². The summed E-state index contributed by atoms with van der Waals surface area (Å²) in [5.41, 5.74) is 1.14. The maximum absolute atomic E-state index is 12.2. The lowest BCUT2D eigenvalue weighted by molar-refractivity contribution is -0.137. The molecule has 1 N–H and O–H groups in total. The number of aryl methyl sites for hydroxylation is 1. The predicted octanol–water partition coefficient (Wildman–Crippen LogP) is 3.53. The van der Waals surface area contributed by atoms with E-state index in [0.29, 0.717) is 22.3 Å². The first kappa shape index (κ1) is 18.3. The minimum Gasteiger partial charge on any atom is -0.468 e. The summed E-state index contributed by atoms with van der Waals surface area (Å²) in [6, 6.07) is 14.2. The second kappa shape index (κ2) is 8.77. The molecule has 6 nitrogen and oxygen atoms in total. The number of ether oxygens (including phenoxy) is 1. The molecule has 1 amide bonds. The van der Waals surface area contributed by atoms with Gasteiger partial charge in [0, 0.05) is 6.42 Å². The fourth-order valence-electron chi connectivity index (χ4n) is 2.44. The quantitative estimate of drug-likeness (QED) is 0.379. The van der Waals surface area contributed by atoms with Gasteiger partial charge in [0.2, 0.25) is 11.0 Å². The van der Waals surface area contributed by atoms with Gasteiger partial charge in [-0.2, -0.15) is 0 Å². The number of nitrogens with zero attached hydrogens (tertiary/aromatic N) is 2. The molecule has 26 heavy (non-hydrogen) atoms. The third-order valence-electron chi connectivity index (χ3n) is 3.70. The molecular formula is C18H17N3O3S2. The first-order valence-electron chi connectivity index (χ1n) is 7.95. The Kier molecular flexibility index (Phi) is 6.19. The summed E-state index contributed by atoms with van der Waals surface area (Å²) in [5, 5.41) is 13.4. The number of benzene rings is 2. The Bertz CT molecular complexity index is 921. The smallest absolute Gasteiger partial charge is 0.316 e. The molecular weight excluding hydrogens is 370 g/mol. The minimum absolute atomic E-state index is 0.112. The molecule has 3 rings (SSSR count). The van der Waals surface area contributed by atoms with Gasteiger partial charge in [0.1, 0.15) is 0 Å². The molecule has 1 heterocycles. The highest BCUT2D eigenvalue weighted by molar-refractivity contribution is 8.01. The highest BCUT2D eigenvalue weighted by Gasteiger charge is 2.11. The van der Waals surface area contributed by atoms with Crippen LogP contribution in [0.2, 0.25) is 0 Å². The molecule has 0 saturated heterocycles. The van der Waals surface area contributed by atoms with Crippen LogP contribution in [0.4, 0.5) is 5.13 Å². The second-order valence-corrected chi connectivity index (χ2v) is 7.62. The molecule has 2 aromatic carbocycles. The monoisotopic (exact) mass is 387 g/mol. The summed E-state index contributed by atoms with van der Waals surface area (Å²) in [7, 11) is 1.34. The molecule has 0 unspecified atom stereocenters. The van der Waals surface area contributed by atoms with Gasteiger partial charge < -0.3 is 10.1 Å². The number of amides is 1. The summed E-state index contributed by atoms with van der Waals surface area (Å²) in [5.74, 6) is -0.273. The number of fused-ring (bicyclic) bond motifs is 1. The minimum atomic E-state index is -0.328. The van der Waals surface area contributed by atoms with Crippen molar-refractivity contribution in [3.63, 3.8) is 0 Å². The van der Waals surface area contributed by atoms with E-state index in [9.17, 15) is 9.59 Å². The molecule has 8 heteroatoms. The molecule has 0 aliphatic rings. The van der Waals surface area contributed by atoms with Crippen LogP contribution in [0.25, 0.3) is 10.8 Å². The largest absolute Gasteiger partial charge is 0.468 e. The number of methoxy groups -OCH3 is 1. The zero-order chi connectivity index (χ0) is 18.4. The van der Waals surface area contributed by atoms with E-state index in [1.54, 1.807) is 0 Å². The molecule has 3 aromatic rings. The Balaban J connectivity index is 1.54. The Morgan fingerprint density at radius 2 is 1.96 bits per heavy atom. The van der Waals surface area contributed by atoms with Gasteiger partial charge in [-0.1, -0.05) is 65.6 Å². The second-order valence-electron chi connectivity index (χ2n) is 5.42. The fraction of sp³-hybridized carbons (Fsp3) is 0.222. The first-order valence-corrected chi connectivity index (χ1v) is 9.75. The maximum atomic E-state index is 12.2. The van der Waals surface area contributed by atoms with Gasteiger partial charge >= 0.3 is 5.97 Å². The van der Waals surface area contributed by atoms with Crippen LogP contribution < -0.4 is 5.32 Å². The lowest BCUT2D eigenvalue weighted by Gasteiger charge is -2.06. The van der Waals surface area contributed by atoms with Crippen molar-refractivity contribution in [1.29, 1.82) is 0 Å². The SMILES string of the molecule is COC(=O)CSc1nnc(NC(=O)CCc2cccc3ccccc23)s1. The van der Waals surface area contributed by atoms with Crippen molar-refractivity contribution in [2.24, 2.45) is 0 Å². The lowest BCUT2D eigenvalue weighted by atomic mass is 10.0. The number of hydrogen-bond acceptors (Lipinski definition) is 7. The van der Waals surface area contributed by atoms with Crippen molar-refractivity contribution in [3.8, 4) is 0 Å². The van der Waals surface area contributed by atoms with Gasteiger partial charge in [0.25, 0.3) is 0 Å². The molecule has 0 fully saturated rings. The van der Waals surface area contributed by atoms with E-state index >= 15 is 0 Å². The van der Waals surface area contributed by atoms with Crippen molar-refractivity contribution in [3.05, 3.63) is 48.0 Å². The average molecular weight is 387 g/mol. The Labute approximate surface area is 159 Å². The average Bonchev–Trinajstić information content (AvgIpc) is 3.11. The molecule has 0 aliphatic heterocycles. The van der Waals surface area contributed by atoms with Crippen LogP contribution in [0.3, 0.4) is 0 Å². The lowest BCUT2D eigenvalue weighted by Crippen LogP contribution is -2.12. The number of hydrogen-bond donors (Lipinski definition) is 1. The summed E-state index contributed by atoms with van der Waals surface area (Å²) in [4.78, 5) is 23.3. The van der Waals surface area contributed by atoms with Crippen molar-refractivity contribution in [2.45, 2.75) is 17.2 Å². The molecule has 0 spiro atoms. The van der Waals surface area contributed by atoms with Crippen LogP contribution >= 0.6 is 23.1 Å². The predicted molar refractivity (Wildman–Crippen MR) is 104 cm³/mol. The van der Waals surface area contributed by atoms with Crippen LogP contribution in [0.1, 0.15) is 12.0 Å². The number of carbonyl (C=O) groups is 2. The van der Waals surface area contributed by atoms with Crippen LogP contribution in [0, 0.1) is 0 Å². The first-order chi connectivity index (χ1) is 12.7. The molecule has 0 radical (unpaired) electrons. The maximum Gasteiger partial charge on any atom is 0.316 e. The van der Waals surface area contributed by atoms with Crippen molar-refractivity contribution in [2.75, 3.05) is 18.2 Å². The van der Waals surface area contributed by atoms with E-state index in [1.165, 1.54) is 41.0 Å². The molecule has 0 aliphatic carbocycles. The standard InChI is InChI=1S/C18H17N3O3S2/c1-24-16(23)11-25-18-21-20-17(26-18)19-15(22)10-9-13-7-4-6-12-5-2-3-8-14(12)13/h2-8H,9-11H2,1H3,(H,19,20,22). The fourth-order valence-corrected chi connectivity index (χ4v) is 4.04.